The first kappa shape index (κ1) is 14.1. The summed E-state index contributed by atoms with van der Waals surface area (Å²) in [5.74, 6) is 0.699. The third-order valence-electron chi connectivity index (χ3n) is 5.47. The lowest BCUT2D eigenvalue weighted by Gasteiger charge is -2.44. The van der Waals surface area contributed by atoms with Crippen molar-refractivity contribution in [3.05, 3.63) is 35.9 Å². The normalized spacial score (nSPS) is 34.2. The fourth-order valence-corrected chi connectivity index (χ4v) is 4.27. The molecule has 1 aliphatic heterocycles. The van der Waals surface area contributed by atoms with Gasteiger partial charge in [0.2, 0.25) is 0 Å². The number of benzene rings is 1. The van der Waals surface area contributed by atoms with Crippen molar-refractivity contribution in [1.29, 1.82) is 0 Å². The third-order valence-corrected chi connectivity index (χ3v) is 5.47. The first-order valence-electron chi connectivity index (χ1n) is 8.11. The van der Waals surface area contributed by atoms with Gasteiger partial charge in [0, 0.05) is 13.2 Å². The monoisotopic (exact) mass is 274 g/mol. The van der Waals surface area contributed by atoms with E-state index >= 15 is 0 Å². The van der Waals surface area contributed by atoms with Crippen LogP contribution in [0, 0.1) is 5.41 Å². The van der Waals surface area contributed by atoms with E-state index in [2.05, 4.69) is 30.3 Å². The fraction of sp³-hybridized carbons (Fsp3) is 0.667. The Bertz CT molecular complexity index is 401. The first-order valence-corrected chi connectivity index (χ1v) is 8.11. The second-order valence-corrected chi connectivity index (χ2v) is 6.52. The molecule has 0 spiro atoms. The van der Waals surface area contributed by atoms with Crippen LogP contribution in [0.25, 0.3) is 0 Å². The van der Waals surface area contributed by atoms with Crippen LogP contribution in [-0.2, 0) is 4.74 Å². The predicted molar refractivity (Wildman–Crippen MR) is 80.8 cm³/mol. The van der Waals surface area contributed by atoms with Crippen LogP contribution >= 0.6 is 0 Å². The van der Waals surface area contributed by atoms with Crippen molar-refractivity contribution in [2.24, 2.45) is 5.41 Å². The molecule has 2 aliphatic rings. The minimum atomic E-state index is 0.247. The zero-order valence-electron chi connectivity index (χ0n) is 12.3. The van der Waals surface area contributed by atoms with E-state index in [1.807, 2.05) is 0 Å². The zero-order chi connectivity index (χ0) is 13.8. The van der Waals surface area contributed by atoms with Gasteiger partial charge < -0.3 is 9.84 Å². The van der Waals surface area contributed by atoms with Crippen molar-refractivity contribution in [3.63, 3.8) is 0 Å². The van der Waals surface area contributed by atoms with Gasteiger partial charge in [-0.15, -0.1) is 0 Å². The molecular weight excluding hydrogens is 248 g/mol. The minimum absolute atomic E-state index is 0.247. The number of aliphatic hydroxyl groups is 1. The summed E-state index contributed by atoms with van der Waals surface area (Å²) >= 11 is 0. The lowest BCUT2D eigenvalue weighted by molar-refractivity contribution is -0.0402. The van der Waals surface area contributed by atoms with Crippen molar-refractivity contribution in [3.8, 4) is 0 Å². The average Bonchev–Trinajstić information content (AvgIpc) is 3.04. The molecule has 1 aliphatic carbocycles. The zero-order valence-corrected chi connectivity index (χ0v) is 12.3. The lowest BCUT2D eigenvalue weighted by Crippen LogP contribution is -2.39. The largest absolute Gasteiger partial charge is 0.396 e. The Balaban J connectivity index is 1.68. The molecule has 0 bridgehead atoms. The van der Waals surface area contributed by atoms with E-state index in [4.69, 9.17) is 4.74 Å². The smallest absolute Gasteiger partial charge is 0.0633 e. The summed E-state index contributed by atoms with van der Waals surface area (Å²) in [6, 6.07) is 10.9. The van der Waals surface area contributed by atoms with Crippen LogP contribution in [-0.4, -0.2) is 24.4 Å². The number of hydrogen-bond acceptors (Lipinski definition) is 2. The second kappa shape index (κ2) is 6.28. The van der Waals surface area contributed by atoms with Gasteiger partial charge in [-0.25, -0.2) is 0 Å². The number of ether oxygens (including phenoxy) is 1. The topological polar surface area (TPSA) is 29.5 Å². The molecule has 1 heterocycles. The average molecular weight is 274 g/mol. The first-order chi connectivity index (χ1) is 9.84. The highest BCUT2D eigenvalue weighted by atomic mass is 16.5. The van der Waals surface area contributed by atoms with Crippen molar-refractivity contribution >= 4 is 0 Å². The van der Waals surface area contributed by atoms with Gasteiger partial charge in [0.1, 0.15) is 0 Å². The van der Waals surface area contributed by atoms with Gasteiger partial charge in [0.05, 0.1) is 6.10 Å². The van der Waals surface area contributed by atoms with E-state index in [9.17, 15) is 5.11 Å². The molecular formula is C18H26O2. The van der Waals surface area contributed by atoms with Gasteiger partial charge >= 0.3 is 0 Å². The minimum Gasteiger partial charge on any atom is -0.396 e. The molecule has 1 N–H and O–H groups in total. The van der Waals surface area contributed by atoms with Crippen molar-refractivity contribution in [2.75, 3.05) is 13.2 Å². The van der Waals surface area contributed by atoms with Crippen LogP contribution in [0.15, 0.2) is 30.3 Å². The Hall–Kier alpha value is -0.860. The quantitative estimate of drug-likeness (QED) is 0.902. The summed E-state index contributed by atoms with van der Waals surface area (Å²) < 4.78 is 5.98. The van der Waals surface area contributed by atoms with Crippen LogP contribution in [0.4, 0.5) is 0 Å². The highest BCUT2D eigenvalue weighted by Gasteiger charge is 2.43. The molecule has 2 fully saturated rings. The highest BCUT2D eigenvalue weighted by molar-refractivity contribution is 5.20. The molecule has 1 atom stereocenters. The molecule has 1 aromatic rings. The molecule has 0 radical (unpaired) electrons. The Kier molecular flexibility index (Phi) is 4.42. The summed E-state index contributed by atoms with van der Waals surface area (Å²) in [7, 11) is 0. The fourth-order valence-electron chi connectivity index (χ4n) is 4.27. The lowest BCUT2D eigenvalue weighted by atomic mass is 9.64. The van der Waals surface area contributed by atoms with Crippen LogP contribution in [0.3, 0.4) is 0 Å². The molecule has 2 nitrogen and oxygen atoms in total. The Labute approximate surface area is 122 Å². The van der Waals surface area contributed by atoms with Crippen molar-refractivity contribution in [1.82, 2.24) is 0 Å². The molecule has 1 aromatic carbocycles. The Morgan fingerprint density at radius 1 is 1.10 bits per heavy atom. The summed E-state index contributed by atoms with van der Waals surface area (Å²) in [6.07, 6.45) is 8.59. The third kappa shape index (κ3) is 2.77. The summed E-state index contributed by atoms with van der Waals surface area (Å²) in [5.41, 5.74) is 1.73. The predicted octanol–water partition coefficient (Wildman–Crippen LogP) is 3.89. The molecule has 20 heavy (non-hydrogen) atoms. The molecule has 2 heteroatoms. The summed E-state index contributed by atoms with van der Waals surface area (Å²) in [4.78, 5) is 0. The van der Waals surface area contributed by atoms with Gasteiger partial charge in [-0.1, -0.05) is 30.3 Å². The van der Waals surface area contributed by atoms with Crippen molar-refractivity contribution < 1.29 is 9.84 Å². The molecule has 0 amide bonds. The number of rotatable bonds is 4. The standard InChI is InChI=1S/C18H26O2/c19-13-12-18(17-7-4-14-20-17)10-8-16(9-11-18)15-5-2-1-3-6-15/h1-3,5-6,16-17,19H,4,7-14H2. The maximum atomic E-state index is 9.47. The Morgan fingerprint density at radius 3 is 2.45 bits per heavy atom. The number of hydrogen-bond donors (Lipinski definition) is 1. The van der Waals surface area contributed by atoms with Gasteiger partial charge in [-0.05, 0) is 61.8 Å². The van der Waals surface area contributed by atoms with Crippen molar-refractivity contribution in [2.45, 2.75) is 57.0 Å². The van der Waals surface area contributed by atoms with Crippen LogP contribution in [0.5, 0.6) is 0 Å². The summed E-state index contributed by atoms with van der Waals surface area (Å²) in [5, 5.41) is 9.47. The van der Waals surface area contributed by atoms with E-state index < -0.39 is 0 Å². The van der Waals surface area contributed by atoms with Crippen LogP contribution in [0.1, 0.15) is 56.4 Å². The summed E-state index contributed by atoms with van der Waals surface area (Å²) in [6.45, 7) is 1.22. The van der Waals surface area contributed by atoms with Crippen LogP contribution in [0.2, 0.25) is 0 Å². The molecule has 110 valence electrons. The molecule has 3 rings (SSSR count). The molecule has 1 saturated carbocycles. The second-order valence-electron chi connectivity index (χ2n) is 6.52. The van der Waals surface area contributed by atoms with Gasteiger partial charge in [0.25, 0.3) is 0 Å². The molecule has 1 saturated heterocycles. The van der Waals surface area contributed by atoms with E-state index in [-0.39, 0.29) is 5.41 Å². The SMILES string of the molecule is OCCC1(C2CCCO2)CCC(c2ccccc2)CC1. The van der Waals surface area contributed by atoms with E-state index in [1.165, 1.54) is 44.1 Å². The number of aliphatic hydroxyl groups excluding tert-OH is 1. The maximum Gasteiger partial charge on any atom is 0.0633 e. The van der Waals surface area contributed by atoms with E-state index in [0.717, 1.165) is 13.0 Å². The van der Waals surface area contributed by atoms with Gasteiger partial charge in [-0.3, -0.25) is 0 Å². The van der Waals surface area contributed by atoms with Gasteiger partial charge in [-0.2, -0.15) is 0 Å². The maximum absolute atomic E-state index is 9.47. The highest BCUT2D eigenvalue weighted by Crippen LogP contribution is 2.50. The van der Waals surface area contributed by atoms with Gasteiger partial charge in [0.15, 0.2) is 0 Å². The van der Waals surface area contributed by atoms with E-state index in [1.54, 1.807) is 0 Å². The van der Waals surface area contributed by atoms with Crippen LogP contribution < -0.4 is 0 Å². The molecule has 1 unspecified atom stereocenters. The Morgan fingerprint density at radius 2 is 1.85 bits per heavy atom. The molecule has 0 aromatic heterocycles. The van der Waals surface area contributed by atoms with E-state index in [0.29, 0.717) is 18.6 Å².